The Morgan fingerprint density at radius 1 is 0.960 bits per heavy atom. The molecule has 0 aromatic heterocycles. The van der Waals surface area contributed by atoms with Crippen molar-refractivity contribution < 1.29 is 14.3 Å². The van der Waals surface area contributed by atoms with E-state index >= 15 is 0 Å². The molecule has 0 saturated heterocycles. The molecule has 5 heteroatoms. The van der Waals surface area contributed by atoms with E-state index in [2.05, 4.69) is 10.6 Å². The first kappa shape index (κ1) is 17.0. The normalized spacial score (nSPS) is 13.8. The van der Waals surface area contributed by atoms with Crippen molar-refractivity contribution in [3.05, 3.63) is 54.6 Å². The van der Waals surface area contributed by atoms with Gasteiger partial charge in [-0.15, -0.1) is 0 Å². The molecule has 1 aliphatic carbocycles. The van der Waals surface area contributed by atoms with Crippen LogP contribution in [0.1, 0.15) is 26.7 Å². The Morgan fingerprint density at radius 3 is 2.28 bits per heavy atom. The van der Waals surface area contributed by atoms with E-state index in [9.17, 15) is 9.59 Å². The Hall–Kier alpha value is -2.82. The van der Waals surface area contributed by atoms with Crippen LogP contribution in [0.3, 0.4) is 0 Å². The number of amides is 2. The van der Waals surface area contributed by atoms with Crippen LogP contribution in [0.4, 0.5) is 5.69 Å². The molecule has 0 unspecified atom stereocenters. The van der Waals surface area contributed by atoms with E-state index in [0.717, 1.165) is 12.8 Å². The molecule has 25 heavy (non-hydrogen) atoms. The van der Waals surface area contributed by atoms with Crippen molar-refractivity contribution in [2.24, 2.45) is 5.41 Å². The number of carbonyl (C=O) groups excluding carboxylic acids is 2. The summed E-state index contributed by atoms with van der Waals surface area (Å²) in [5, 5.41) is 5.71. The predicted molar refractivity (Wildman–Crippen MR) is 96.5 cm³/mol. The molecular weight excluding hydrogens is 316 g/mol. The maximum Gasteiger partial charge on any atom is 0.239 e. The molecule has 5 nitrogen and oxygen atoms in total. The maximum atomic E-state index is 12.7. The number of anilines is 1. The Kier molecular flexibility index (Phi) is 4.74. The van der Waals surface area contributed by atoms with Crippen LogP contribution in [0.15, 0.2) is 54.6 Å². The van der Waals surface area contributed by atoms with Crippen molar-refractivity contribution in [2.75, 3.05) is 5.32 Å². The summed E-state index contributed by atoms with van der Waals surface area (Å²) in [7, 11) is 0. The summed E-state index contributed by atoms with van der Waals surface area (Å²) in [6.45, 7) is 3.25. The Morgan fingerprint density at radius 2 is 1.60 bits per heavy atom. The van der Waals surface area contributed by atoms with Gasteiger partial charge >= 0.3 is 0 Å². The number of hydrogen-bond donors (Lipinski definition) is 2. The molecule has 2 amide bonds. The molecule has 2 aromatic rings. The van der Waals surface area contributed by atoms with Crippen LogP contribution >= 0.6 is 0 Å². The smallest absolute Gasteiger partial charge is 0.239 e. The van der Waals surface area contributed by atoms with Gasteiger partial charge in [0.1, 0.15) is 11.2 Å². The van der Waals surface area contributed by atoms with Crippen LogP contribution in [-0.2, 0) is 9.59 Å². The van der Waals surface area contributed by atoms with Gasteiger partial charge in [0.05, 0.1) is 5.69 Å². The van der Waals surface area contributed by atoms with E-state index in [4.69, 9.17) is 4.74 Å². The third-order valence-electron chi connectivity index (χ3n) is 4.15. The van der Waals surface area contributed by atoms with E-state index in [1.165, 1.54) is 0 Å². The number of nitrogens with one attached hydrogen (secondary N) is 2. The number of carbonyl (C=O) groups is 2. The average Bonchev–Trinajstić information content (AvgIpc) is 3.41. The quantitative estimate of drug-likeness (QED) is 0.789. The standard InChI is InChI=1S/C20H22N2O3/c1-20(2,18(23)21-14-12-13-14)19(24)22-16-10-6-7-11-17(16)25-15-8-4-3-5-9-15/h3-11,14H,12-13H2,1-2H3,(H,21,23)(H,22,24). The van der Waals surface area contributed by atoms with Crippen molar-refractivity contribution in [3.8, 4) is 11.5 Å². The Bertz CT molecular complexity index is 768. The van der Waals surface area contributed by atoms with Crippen LogP contribution in [0.5, 0.6) is 11.5 Å². The fourth-order valence-electron chi connectivity index (χ4n) is 2.25. The van der Waals surface area contributed by atoms with Gasteiger partial charge in [0, 0.05) is 6.04 Å². The first-order valence-corrected chi connectivity index (χ1v) is 8.41. The van der Waals surface area contributed by atoms with Crippen LogP contribution in [0, 0.1) is 5.41 Å². The molecule has 0 radical (unpaired) electrons. The monoisotopic (exact) mass is 338 g/mol. The molecule has 130 valence electrons. The van der Waals surface area contributed by atoms with Gasteiger partial charge in [-0.2, -0.15) is 0 Å². The zero-order chi connectivity index (χ0) is 17.9. The van der Waals surface area contributed by atoms with Crippen LogP contribution in [0.25, 0.3) is 0 Å². The number of para-hydroxylation sites is 3. The topological polar surface area (TPSA) is 67.4 Å². The van der Waals surface area contributed by atoms with E-state index in [0.29, 0.717) is 17.2 Å². The van der Waals surface area contributed by atoms with Gasteiger partial charge in [-0.3, -0.25) is 9.59 Å². The first-order valence-electron chi connectivity index (χ1n) is 8.41. The summed E-state index contributed by atoms with van der Waals surface area (Å²) in [5.41, 5.74) is -0.633. The highest BCUT2D eigenvalue weighted by molar-refractivity contribution is 6.10. The summed E-state index contributed by atoms with van der Waals surface area (Å²) >= 11 is 0. The predicted octanol–water partition coefficient (Wildman–Crippen LogP) is 3.72. The molecule has 2 aromatic carbocycles. The SMILES string of the molecule is CC(C)(C(=O)Nc1ccccc1Oc1ccccc1)C(=O)NC1CC1. The lowest BCUT2D eigenvalue weighted by Gasteiger charge is -2.23. The molecule has 2 N–H and O–H groups in total. The fraction of sp³-hybridized carbons (Fsp3) is 0.300. The van der Waals surface area contributed by atoms with Crippen molar-refractivity contribution in [3.63, 3.8) is 0 Å². The molecule has 0 spiro atoms. The number of hydrogen-bond acceptors (Lipinski definition) is 3. The van der Waals surface area contributed by atoms with E-state index in [-0.39, 0.29) is 17.9 Å². The summed E-state index contributed by atoms with van der Waals surface area (Å²) < 4.78 is 5.84. The first-order chi connectivity index (χ1) is 12.0. The molecule has 3 rings (SSSR count). The second-order valence-electron chi connectivity index (χ2n) is 6.74. The molecule has 1 aliphatic rings. The van der Waals surface area contributed by atoms with Gasteiger partial charge in [0.25, 0.3) is 0 Å². The third kappa shape index (κ3) is 4.18. The summed E-state index contributed by atoms with van der Waals surface area (Å²) in [6, 6.07) is 16.7. The Balaban J connectivity index is 1.73. The molecule has 0 bridgehead atoms. The minimum atomic E-state index is -1.16. The number of benzene rings is 2. The largest absolute Gasteiger partial charge is 0.455 e. The zero-order valence-electron chi connectivity index (χ0n) is 14.4. The van der Waals surface area contributed by atoms with Gasteiger partial charge in [0.2, 0.25) is 11.8 Å². The Labute approximate surface area is 147 Å². The van der Waals surface area contributed by atoms with E-state index < -0.39 is 5.41 Å². The third-order valence-corrected chi connectivity index (χ3v) is 4.15. The maximum absolute atomic E-state index is 12.7. The molecule has 1 fully saturated rings. The van der Waals surface area contributed by atoms with Crippen LogP contribution in [-0.4, -0.2) is 17.9 Å². The second kappa shape index (κ2) is 6.97. The molecular formula is C20H22N2O3. The van der Waals surface area contributed by atoms with Crippen molar-refractivity contribution >= 4 is 17.5 Å². The van der Waals surface area contributed by atoms with E-state index in [1.54, 1.807) is 26.0 Å². The van der Waals surface area contributed by atoms with E-state index in [1.807, 2.05) is 42.5 Å². The van der Waals surface area contributed by atoms with Gasteiger partial charge in [-0.25, -0.2) is 0 Å². The lowest BCUT2D eigenvalue weighted by molar-refractivity contribution is -0.138. The van der Waals surface area contributed by atoms with Gasteiger partial charge < -0.3 is 15.4 Å². The van der Waals surface area contributed by atoms with Crippen molar-refractivity contribution in [1.29, 1.82) is 0 Å². The van der Waals surface area contributed by atoms with Crippen LogP contribution < -0.4 is 15.4 Å². The zero-order valence-corrected chi connectivity index (χ0v) is 14.4. The molecule has 0 heterocycles. The lowest BCUT2D eigenvalue weighted by atomic mass is 9.91. The lowest BCUT2D eigenvalue weighted by Crippen LogP contribution is -2.45. The summed E-state index contributed by atoms with van der Waals surface area (Å²) in [4.78, 5) is 25.0. The average molecular weight is 338 g/mol. The minimum absolute atomic E-state index is 0.216. The number of ether oxygens (including phenoxy) is 1. The highest BCUT2D eigenvalue weighted by Crippen LogP contribution is 2.31. The summed E-state index contributed by atoms with van der Waals surface area (Å²) in [5.74, 6) is 0.583. The van der Waals surface area contributed by atoms with Gasteiger partial charge in [-0.1, -0.05) is 30.3 Å². The highest BCUT2D eigenvalue weighted by atomic mass is 16.5. The second-order valence-corrected chi connectivity index (χ2v) is 6.74. The highest BCUT2D eigenvalue weighted by Gasteiger charge is 2.39. The van der Waals surface area contributed by atoms with Gasteiger partial charge in [-0.05, 0) is 51.0 Å². The minimum Gasteiger partial charge on any atom is -0.455 e. The molecule has 0 aliphatic heterocycles. The number of rotatable bonds is 6. The van der Waals surface area contributed by atoms with Crippen LogP contribution in [0.2, 0.25) is 0 Å². The van der Waals surface area contributed by atoms with Crippen molar-refractivity contribution in [2.45, 2.75) is 32.7 Å². The summed E-state index contributed by atoms with van der Waals surface area (Å²) in [6.07, 6.45) is 1.97. The molecule has 1 saturated carbocycles. The van der Waals surface area contributed by atoms with Gasteiger partial charge in [0.15, 0.2) is 5.75 Å². The fourth-order valence-corrected chi connectivity index (χ4v) is 2.25. The van der Waals surface area contributed by atoms with Crippen molar-refractivity contribution in [1.82, 2.24) is 5.32 Å². The molecule has 0 atom stereocenters.